The first-order valence-corrected chi connectivity index (χ1v) is 13.0. The molecule has 2 aliphatic carbocycles. The molecule has 2 amide bonds. The van der Waals surface area contributed by atoms with Gasteiger partial charge in [-0.2, -0.15) is 0 Å². The maximum Gasteiger partial charge on any atom is 0.407 e. The Bertz CT molecular complexity index is 1140. The fourth-order valence-electron chi connectivity index (χ4n) is 4.05. The molecule has 0 radical (unpaired) electrons. The molecule has 0 heterocycles. The topological polar surface area (TPSA) is 163 Å². The van der Waals surface area contributed by atoms with Gasteiger partial charge in [-0.1, -0.05) is 24.3 Å². The van der Waals surface area contributed by atoms with Crippen molar-refractivity contribution in [1.82, 2.24) is 10.6 Å². The van der Waals surface area contributed by atoms with E-state index in [9.17, 15) is 29.8 Å². The highest BCUT2D eigenvalue weighted by atomic mass is 16.6. The average molecular weight is 557 g/mol. The molecule has 2 saturated carbocycles. The van der Waals surface area contributed by atoms with Gasteiger partial charge in [-0.15, -0.1) is 0 Å². The van der Waals surface area contributed by atoms with Crippen LogP contribution in [-0.2, 0) is 9.47 Å². The lowest BCUT2D eigenvalue weighted by molar-refractivity contribution is -0.385. The normalized spacial score (nSPS) is 21.1. The largest absolute Gasteiger partial charge is 0.444 e. The van der Waals surface area contributed by atoms with Crippen molar-refractivity contribution in [3.8, 4) is 0 Å². The zero-order valence-corrected chi connectivity index (χ0v) is 23.5. The van der Waals surface area contributed by atoms with E-state index in [1.807, 2.05) is 41.5 Å². The van der Waals surface area contributed by atoms with Gasteiger partial charge >= 0.3 is 12.2 Å². The van der Waals surface area contributed by atoms with Crippen LogP contribution in [0.4, 0.5) is 21.0 Å². The zero-order chi connectivity index (χ0) is 29.8. The summed E-state index contributed by atoms with van der Waals surface area (Å²) in [5.74, 6) is 0.423. The van der Waals surface area contributed by atoms with Gasteiger partial charge in [0.2, 0.25) is 0 Å². The predicted octanol–water partition coefficient (Wildman–Crippen LogP) is 5.95. The van der Waals surface area contributed by atoms with E-state index in [0.717, 1.165) is 24.0 Å². The highest BCUT2D eigenvalue weighted by Crippen LogP contribution is 2.42. The SMILES string of the molecule is CC(C)(C)OC(=O)N[C@@H]1C[C@H]1c1ccc([N+](=O)[O-])cc1.CC(C)(C)OC(=O)N[C@H]1C[C@@H]1c1ccc([N+](=O)[O-])cc1. The fraction of sp³-hybridized carbons (Fsp3) is 0.500. The minimum atomic E-state index is -0.512. The number of carbonyl (C=O) groups excluding carboxylic acids is 2. The van der Waals surface area contributed by atoms with E-state index in [0.29, 0.717) is 0 Å². The van der Waals surface area contributed by atoms with E-state index in [2.05, 4.69) is 10.6 Å². The van der Waals surface area contributed by atoms with Crippen molar-refractivity contribution in [2.45, 2.75) is 89.5 Å². The number of nitrogens with zero attached hydrogens (tertiary/aromatic N) is 2. The molecule has 12 heteroatoms. The molecule has 12 nitrogen and oxygen atoms in total. The number of rotatable bonds is 6. The highest BCUT2D eigenvalue weighted by Gasteiger charge is 2.41. The molecule has 0 aliphatic heterocycles. The van der Waals surface area contributed by atoms with Crippen molar-refractivity contribution in [2.24, 2.45) is 0 Å². The van der Waals surface area contributed by atoms with Gasteiger partial charge < -0.3 is 20.1 Å². The molecule has 2 aliphatic rings. The Morgan fingerprint density at radius 1 is 0.675 bits per heavy atom. The van der Waals surface area contributed by atoms with Crippen molar-refractivity contribution >= 4 is 23.6 Å². The average Bonchev–Trinajstić information content (AvgIpc) is 3.74. The van der Waals surface area contributed by atoms with Crippen LogP contribution in [0.15, 0.2) is 48.5 Å². The highest BCUT2D eigenvalue weighted by molar-refractivity contribution is 5.69. The second-order valence-corrected chi connectivity index (χ2v) is 11.9. The number of nitrogens with one attached hydrogen (secondary N) is 2. The summed E-state index contributed by atoms with van der Waals surface area (Å²) >= 11 is 0. The number of ether oxygens (including phenoxy) is 2. The molecule has 40 heavy (non-hydrogen) atoms. The minimum Gasteiger partial charge on any atom is -0.444 e. The lowest BCUT2D eigenvalue weighted by Gasteiger charge is -2.19. The van der Waals surface area contributed by atoms with Crippen molar-refractivity contribution in [1.29, 1.82) is 0 Å². The molecule has 2 N–H and O–H groups in total. The number of nitro groups is 2. The molecular weight excluding hydrogens is 520 g/mol. The van der Waals surface area contributed by atoms with Crippen LogP contribution < -0.4 is 10.6 Å². The van der Waals surface area contributed by atoms with Crippen LogP contribution in [0.3, 0.4) is 0 Å². The molecule has 0 aromatic heterocycles. The summed E-state index contributed by atoms with van der Waals surface area (Å²) in [6.45, 7) is 10.9. The molecule has 4 rings (SSSR count). The minimum absolute atomic E-state index is 0.0475. The number of alkyl carbamates (subject to hydrolysis) is 2. The summed E-state index contributed by atoms with van der Waals surface area (Å²) in [6, 6.07) is 13.0. The van der Waals surface area contributed by atoms with Gasteiger partial charge in [0, 0.05) is 48.2 Å². The Morgan fingerprint density at radius 3 is 1.23 bits per heavy atom. The Hall–Kier alpha value is -4.22. The molecule has 2 aromatic carbocycles. The van der Waals surface area contributed by atoms with Gasteiger partial charge in [0.05, 0.1) is 9.85 Å². The second kappa shape index (κ2) is 11.9. The number of amides is 2. The van der Waals surface area contributed by atoms with Gasteiger partial charge in [0.1, 0.15) is 11.2 Å². The van der Waals surface area contributed by atoms with Crippen LogP contribution in [0.1, 0.15) is 77.3 Å². The van der Waals surface area contributed by atoms with E-state index < -0.39 is 33.2 Å². The van der Waals surface area contributed by atoms with Crippen LogP contribution >= 0.6 is 0 Å². The third kappa shape index (κ3) is 9.51. The maximum atomic E-state index is 11.6. The lowest BCUT2D eigenvalue weighted by atomic mass is 10.1. The van der Waals surface area contributed by atoms with Crippen LogP contribution in [-0.4, -0.2) is 45.3 Å². The number of hydrogen-bond donors (Lipinski definition) is 2. The standard InChI is InChI=1S/2C14H18N2O4/c2*1-14(2,3)20-13(17)15-12-8-11(12)9-4-6-10(7-5-9)16(18)19/h2*4-7,11-12H,8H2,1-3H3,(H,15,17)/t2*11-,12+/m10/s1. The Kier molecular flexibility index (Phi) is 9.01. The van der Waals surface area contributed by atoms with E-state index in [1.165, 1.54) is 24.3 Å². The fourth-order valence-corrected chi connectivity index (χ4v) is 4.05. The molecule has 0 bridgehead atoms. The van der Waals surface area contributed by atoms with E-state index >= 15 is 0 Å². The summed E-state index contributed by atoms with van der Waals surface area (Å²) in [5.41, 5.74) is 1.12. The van der Waals surface area contributed by atoms with Crippen molar-refractivity contribution in [3.05, 3.63) is 79.9 Å². The number of non-ortho nitro benzene ring substituents is 2. The molecule has 0 saturated heterocycles. The molecule has 0 unspecified atom stereocenters. The molecule has 216 valence electrons. The monoisotopic (exact) mass is 556 g/mol. The Balaban J connectivity index is 0.000000220. The van der Waals surface area contributed by atoms with Crippen LogP contribution in [0.25, 0.3) is 0 Å². The van der Waals surface area contributed by atoms with E-state index in [1.54, 1.807) is 24.3 Å². The molecular formula is C28H36N4O8. The third-order valence-electron chi connectivity index (χ3n) is 6.05. The van der Waals surface area contributed by atoms with Gasteiger partial charge in [-0.05, 0) is 65.5 Å². The maximum absolute atomic E-state index is 11.6. The molecule has 4 atom stereocenters. The smallest absolute Gasteiger partial charge is 0.407 e. The van der Waals surface area contributed by atoms with E-state index in [4.69, 9.17) is 9.47 Å². The first-order valence-electron chi connectivity index (χ1n) is 13.0. The molecule has 2 aromatic rings. The van der Waals surface area contributed by atoms with Crippen molar-refractivity contribution < 1.29 is 28.9 Å². The molecule has 0 spiro atoms. The van der Waals surface area contributed by atoms with E-state index in [-0.39, 0.29) is 35.3 Å². The third-order valence-corrected chi connectivity index (χ3v) is 6.05. The van der Waals surface area contributed by atoms with Crippen molar-refractivity contribution in [3.63, 3.8) is 0 Å². The summed E-state index contributed by atoms with van der Waals surface area (Å²) in [7, 11) is 0. The number of hydrogen-bond acceptors (Lipinski definition) is 8. The van der Waals surface area contributed by atoms with Gasteiger partial charge in [0.15, 0.2) is 0 Å². The van der Waals surface area contributed by atoms with Crippen molar-refractivity contribution in [2.75, 3.05) is 0 Å². The quantitative estimate of drug-likeness (QED) is 0.325. The van der Waals surface area contributed by atoms with Gasteiger partial charge in [-0.25, -0.2) is 9.59 Å². The van der Waals surface area contributed by atoms with Crippen LogP contribution in [0, 0.1) is 20.2 Å². The number of nitro benzene ring substituents is 2. The zero-order valence-electron chi connectivity index (χ0n) is 23.5. The second-order valence-electron chi connectivity index (χ2n) is 11.9. The Morgan fingerprint density at radius 2 is 0.975 bits per heavy atom. The summed E-state index contributed by atoms with van der Waals surface area (Å²) in [6.07, 6.45) is 0.813. The predicted molar refractivity (Wildman–Crippen MR) is 147 cm³/mol. The summed E-state index contributed by atoms with van der Waals surface area (Å²) in [5, 5.41) is 26.7. The molecule has 2 fully saturated rings. The summed E-state index contributed by atoms with van der Waals surface area (Å²) < 4.78 is 10.4. The number of carbonyl (C=O) groups is 2. The first-order chi connectivity index (χ1) is 18.5. The first kappa shape index (κ1) is 30.3. The lowest BCUT2D eigenvalue weighted by Crippen LogP contribution is -2.34. The van der Waals surface area contributed by atoms with Gasteiger partial charge in [0.25, 0.3) is 11.4 Å². The van der Waals surface area contributed by atoms with Gasteiger partial charge in [-0.3, -0.25) is 20.2 Å². The number of benzene rings is 2. The van der Waals surface area contributed by atoms with Crippen LogP contribution in [0.2, 0.25) is 0 Å². The van der Waals surface area contributed by atoms with Crippen LogP contribution in [0.5, 0.6) is 0 Å². The Labute approximate surface area is 232 Å². The summed E-state index contributed by atoms with van der Waals surface area (Å²) in [4.78, 5) is 43.5.